The van der Waals surface area contributed by atoms with E-state index in [4.69, 9.17) is 4.42 Å². The molecule has 6 nitrogen and oxygen atoms in total. The highest BCUT2D eigenvalue weighted by Crippen LogP contribution is 2.24. The van der Waals surface area contributed by atoms with Gasteiger partial charge in [0.1, 0.15) is 0 Å². The van der Waals surface area contributed by atoms with Crippen molar-refractivity contribution >= 4 is 23.4 Å². The van der Waals surface area contributed by atoms with Gasteiger partial charge >= 0.3 is 0 Å². The molecular weight excluding hydrogens is 350 g/mol. The number of hydrogen-bond donors (Lipinski definition) is 1. The highest BCUT2D eigenvalue weighted by molar-refractivity contribution is 7.99. The standard InChI is InChI=1S/C16H14F2N4O2S/c1-2-22-15(13-4-3-7-24-13)20-21-16(22)25-9-14(23)19-10-5-6-11(17)12(18)8-10/h3-8H,2,9H2,1H3,(H,19,23). The zero-order valence-electron chi connectivity index (χ0n) is 13.2. The van der Waals surface area contributed by atoms with Gasteiger partial charge < -0.3 is 9.73 Å². The molecule has 0 spiro atoms. The lowest BCUT2D eigenvalue weighted by atomic mass is 10.3. The summed E-state index contributed by atoms with van der Waals surface area (Å²) in [6.45, 7) is 2.54. The molecule has 0 unspecified atom stereocenters. The molecule has 2 aromatic heterocycles. The summed E-state index contributed by atoms with van der Waals surface area (Å²) in [7, 11) is 0. The van der Waals surface area contributed by atoms with Gasteiger partial charge in [0, 0.05) is 18.3 Å². The molecule has 0 radical (unpaired) electrons. The Morgan fingerprint density at radius 2 is 2.12 bits per heavy atom. The molecule has 0 aliphatic heterocycles. The number of carbonyl (C=O) groups is 1. The molecule has 1 N–H and O–H groups in total. The van der Waals surface area contributed by atoms with Gasteiger partial charge in [-0.2, -0.15) is 0 Å². The van der Waals surface area contributed by atoms with Crippen LogP contribution in [0.1, 0.15) is 6.92 Å². The van der Waals surface area contributed by atoms with Gasteiger partial charge in [0.2, 0.25) is 5.91 Å². The van der Waals surface area contributed by atoms with E-state index in [-0.39, 0.29) is 17.3 Å². The van der Waals surface area contributed by atoms with Gasteiger partial charge in [0.15, 0.2) is 28.4 Å². The van der Waals surface area contributed by atoms with Gasteiger partial charge in [-0.25, -0.2) is 8.78 Å². The van der Waals surface area contributed by atoms with Crippen molar-refractivity contribution in [1.29, 1.82) is 0 Å². The monoisotopic (exact) mass is 364 g/mol. The third-order valence-corrected chi connectivity index (χ3v) is 4.28. The van der Waals surface area contributed by atoms with Crippen LogP contribution >= 0.6 is 11.8 Å². The first kappa shape index (κ1) is 17.2. The number of nitrogens with zero attached hydrogens (tertiary/aromatic N) is 3. The van der Waals surface area contributed by atoms with Crippen molar-refractivity contribution in [3.8, 4) is 11.6 Å². The molecule has 0 aliphatic carbocycles. The van der Waals surface area contributed by atoms with Gasteiger partial charge in [0.25, 0.3) is 0 Å². The average molecular weight is 364 g/mol. The molecule has 0 aliphatic rings. The molecule has 0 atom stereocenters. The van der Waals surface area contributed by atoms with Gasteiger partial charge in [-0.05, 0) is 31.2 Å². The number of benzene rings is 1. The number of hydrogen-bond acceptors (Lipinski definition) is 5. The van der Waals surface area contributed by atoms with Crippen LogP contribution in [0.3, 0.4) is 0 Å². The van der Waals surface area contributed by atoms with Crippen molar-refractivity contribution in [3.63, 3.8) is 0 Å². The molecule has 3 aromatic rings. The van der Waals surface area contributed by atoms with Crippen LogP contribution in [0.2, 0.25) is 0 Å². The minimum absolute atomic E-state index is 0.0509. The van der Waals surface area contributed by atoms with Crippen LogP contribution in [-0.2, 0) is 11.3 Å². The number of furan rings is 1. The third-order valence-electron chi connectivity index (χ3n) is 3.31. The maximum absolute atomic E-state index is 13.2. The predicted octanol–water partition coefficient (Wildman–Crippen LogP) is 3.57. The summed E-state index contributed by atoms with van der Waals surface area (Å²) in [4.78, 5) is 12.0. The van der Waals surface area contributed by atoms with Crippen molar-refractivity contribution in [2.45, 2.75) is 18.6 Å². The SMILES string of the molecule is CCn1c(SCC(=O)Nc2ccc(F)c(F)c2)nnc1-c1ccco1. The lowest BCUT2D eigenvalue weighted by Gasteiger charge is -2.07. The Bertz CT molecular complexity index is 880. The minimum Gasteiger partial charge on any atom is -0.461 e. The Hall–Kier alpha value is -2.68. The predicted molar refractivity (Wildman–Crippen MR) is 89.1 cm³/mol. The quantitative estimate of drug-likeness (QED) is 0.677. The van der Waals surface area contributed by atoms with Crippen LogP contribution in [0.4, 0.5) is 14.5 Å². The van der Waals surface area contributed by atoms with E-state index >= 15 is 0 Å². The molecule has 1 aromatic carbocycles. The fraction of sp³-hybridized carbons (Fsp3) is 0.188. The molecule has 1 amide bonds. The largest absolute Gasteiger partial charge is 0.461 e. The van der Waals surface area contributed by atoms with Crippen molar-refractivity contribution in [2.75, 3.05) is 11.1 Å². The van der Waals surface area contributed by atoms with Crippen LogP contribution < -0.4 is 5.32 Å². The van der Waals surface area contributed by atoms with E-state index in [0.717, 1.165) is 12.1 Å². The number of nitrogens with one attached hydrogen (secondary N) is 1. The Morgan fingerprint density at radius 3 is 2.80 bits per heavy atom. The summed E-state index contributed by atoms with van der Waals surface area (Å²) in [6, 6.07) is 6.72. The molecule has 0 saturated carbocycles. The second-order valence-corrected chi connectivity index (χ2v) is 5.94. The number of aromatic nitrogens is 3. The molecule has 0 bridgehead atoms. The molecule has 0 fully saturated rings. The molecular formula is C16H14F2N4O2S. The van der Waals surface area contributed by atoms with E-state index in [1.54, 1.807) is 18.4 Å². The van der Waals surface area contributed by atoms with E-state index in [9.17, 15) is 13.6 Å². The maximum Gasteiger partial charge on any atom is 0.234 e. The summed E-state index contributed by atoms with van der Waals surface area (Å²) in [5.74, 6) is -1.12. The second-order valence-electron chi connectivity index (χ2n) is 4.99. The van der Waals surface area contributed by atoms with Crippen LogP contribution in [0.5, 0.6) is 0 Å². The van der Waals surface area contributed by atoms with E-state index in [0.29, 0.717) is 23.3 Å². The van der Waals surface area contributed by atoms with Crippen molar-refractivity contribution < 1.29 is 18.0 Å². The molecule has 25 heavy (non-hydrogen) atoms. The lowest BCUT2D eigenvalue weighted by molar-refractivity contribution is -0.113. The van der Waals surface area contributed by atoms with Crippen molar-refractivity contribution in [2.24, 2.45) is 0 Å². The first-order chi connectivity index (χ1) is 12.1. The number of halogens is 2. The summed E-state index contributed by atoms with van der Waals surface area (Å²) < 4.78 is 33.2. The Labute approximate surface area is 146 Å². The summed E-state index contributed by atoms with van der Waals surface area (Å²) in [5, 5.41) is 11.2. The highest BCUT2D eigenvalue weighted by atomic mass is 32.2. The van der Waals surface area contributed by atoms with Gasteiger partial charge in [-0.3, -0.25) is 9.36 Å². The van der Waals surface area contributed by atoms with Crippen LogP contribution in [0, 0.1) is 11.6 Å². The van der Waals surface area contributed by atoms with E-state index in [2.05, 4.69) is 15.5 Å². The Balaban J connectivity index is 1.65. The smallest absolute Gasteiger partial charge is 0.234 e. The Kier molecular flexibility index (Phi) is 5.13. The number of carbonyl (C=O) groups excluding carboxylic acids is 1. The highest BCUT2D eigenvalue weighted by Gasteiger charge is 2.16. The van der Waals surface area contributed by atoms with Crippen LogP contribution in [0.15, 0.2) is 46.2 Å². The molecule has 0 saturated heterocycles. The minimum atomic E-state index is -1.01. The lowest BCUT2D eigenvalue weighted by Crippen LogP contribution is -2.15. The number of thioether (sulfide) groups is 1. The summed E-state index contributed by atoms with van der Waals surface area (Å²) in [5.41, 5.74) is 0.192. The van der Waals surface area contributed by atoms with Crippen LogP contribution in [0.25, 0.3) is 11.6 Å². The van der Waals surface area contributed by atoms with Crippen molar-refractivity contribution in [3.05, 3.63) is 48.2 Å². The average Bonchev–Trinajstić information content (AvgIpc) is 3.24. The number of amides is 1. The van der Waals surface area contributed by atoms with Gasteiger partial charge in [-0.15, -0.1) is 10.2 Å². The second kappa shape index (κ2) is 7.47. The fourth-order valence-corrected chi connectivity index (χ4v) is 2.97. The molecule has 2 heterocycles. The van der Waals surface area contributed by atoms with E-state index in [1.165, 1.54) is 17.8 Å². The zero-order valence-corrected chi connectivity index (χ0v) is 14.0. The fourth-order valence-electron chi connectivity index (χ4n) is 2.17. The first-order valence-corrected chi connectivity index (χ1v) is 8.42. The zero-order chi connectivity index (χ0) is 17.8. The van der Waals surface area contributed by atoms with Gasteiger partial charge in [0.05, 0.1) is 12.0 Å². The van der Waals surface area contributed by atoms with E-state index < -0.39 is 11.6 Å². The normalized spacial score (nSPS) is 10.8. The first-order valence-electron chi connectivity index (χ1n) is 7.43. The topological polar surface area (TPSA) is 73.0 Å². The molecule has 130 valence electrons. The van der Waals surface area contributed by atoms with E-state index in [1.807, 2.05) is 11.5 Å². The summed E-state index contributed by atoms with van der Waals surface area (Å²) >= 11 is 1.19. The Morgan fingerprint density at radius 1 is 1.28 bits per heavy atom. The third kappa shape index (κ3) is 3.87. The number of rotatable bonds is 6. The number of anilines is 1. The maximum atomic E-state index is 13.2. The van der Waals surface area contributed by atoms with Crippen molar-refractivity contribution in [1.82, 2.24) is 14.8 Å². The van der Waals surface area contributed by atoms with Gasteiger partial charge in [-0.1, -0.05) is 11.8 Å². The molecule has 3 rings (SSSR count). The van der Waals surface area contributed by atoms with Crippen LogP contribution in [-0.4, -0.2) is 26.4 Å². The molecule has 9 heteroatoms. The summed E-state index contributed by atoms with van der Waals surface area (Å²) in [6.07, 6.45) is 1.55.